The van der Waals surface area contributed by atoms with Crippen molar-refractivity contribution in [1.82, 2.24) is 0 Å². The molecule has 3 heteroatoms. The van der Waals surface area contributed by atoms with Crippen LogP contribution in [0.25, 0.3) is 0 Å². The maximum absolute atomic E-state index is 5.29. The van der Waals surface area contributed by atoms with E-state index >= 15 is 0 Å². The fourth-order valence-corrected chi connectivity index (χ4v) is 0.636. The molecule has 0 aromatic heterocycles. The fraction of sp³-hybridized carbons (Fsp3) is 1.00. The van der Waals surface area contributed by atoms with Gasteiger partial charge in [-0.1, -0.05) is 0 Å². The first kappa shape index (κ1) is 9.88. The Balaban J connectivity index is 2.65. The standard InChI is InChI=1S/C7H18N2O/c8-4-1-2-6-10-7-3-5-9/h1-9H2. The summed E-state index contributed by atoms with van der Waals surface area (Å²) in [6.07, 6.45) is 3.09. The average Bonchev–Trinajstić information content (AvgIpc) is 1.97. The van der Waals surface area contributed by atoms with Crippen LogP contribution in [0.1, 0.15) is 19.3 Å². The monoisotopic (exact) mass is 146 g/mol. The molecule has 0 aliphatic rings. The van der Waals surface area contributed by atoms with Crippen LogP contribution in [0.4, 0.5) is 0 Å². The van der Waals surface area contributed by atoms with Crippen molar-refractivity contribution < 1.29 is 4.74 Å². The molecule has 0 saturated heterocycles. The number of nitrogens with two attached hydrogens (primary N) is 2. The van der Waals surface area contributed by atoms with E-state index in [1.807, 2.05) is 0 Å². The minimum absolute atomic E-state index is 0.719. The van der Waals surface area contributed by atoms with Gasteiger partial charge in [0, 0.05) is 13.2 Å². The number of unbranched alkanes of at least 4 members (excludes halogenated alkanes) is 1. The molecule has 10 heavy (non-hydrogen) atoms. The Morgan fingerprint density at radius 1 is 0.800 bits per heavy atom. The van der Waals surface area contributed by atoms with Crippen LogP contribution >= 0.6 is 0 Å². The third kappa shape index (κ3) is 7.88. The van der Waals surface area contributed by atoms with Gasteiger partial charge in [-0.05, 0) is 32.4 Å². The van der Waals surface area contributed by atoms with Gasteiger partial charge in [0.1, 0.15) is 0 Å². The molecular weight excluding hydrogens is 128 g/mol. The van der Waals surface area contributed by atoms with Crippen LogP contribution in [0.3, 0.4) is 0 Å². The fourth-order valence-electron chi connectivity index (χ4n) is 0.636. The zero-order valence-electron chi connectivity index (χ0n) is 6.51. The van der Waals surface area contributed by atoms with E-state index in [1.165, 1.54) is 0 Å². The lowest BCUT2D eigenvalue weighted by Gasteiger charge is -2.00. The second-order valence-electron chi connectivity index (χ2n) is 2.25. The summed E-state index contributed by atoms with van der Waals surface area (Å²) < 4.78 is 5.24. The highest BCUT2D eigenvalue weighted by atomic mass is 16.5. The van der Waals surface area contributed by atoms with E-state index in [0.29, 0.717) is 0 Å². The molecule has 4 N–H and O–H groups in total. The second kappa shape index (κ2) is 8.88. The van der Waals surface area contributed by atoms with E-state index in [0.717, 1.165) is 45.6 Å². The Morgan fingerprint density at radius 3 is 2.00 bits per heavy atom. The van der Waals surface area contributed by atoms with E-state index in [9.17, 15) is 0 Å². The maximum atomic E-state index is 5.29. The normalized spacial score (nSPS) is 10.2. The summed E-state index contributed by atoms with van der Waals surface area (Å²) in [5.74, 6) is 0. The molecule has 0 saturated carbocycles. The van der Waals surface area contributed by atoms with Gasteiger partial charge in [0.05, 0.1) is 0 Å². The van der Waals surface area contributed by atoms with Crippen LogP contribution < -0.4 is 11.5 Å². The molecule has 0 atom stereocenters. The maximum Gasteiger partial charge on any atom is 0.0478 e. The molecule has 0 amide bonds. The quantitative estimate of drug-likeness (QED) is 0.500. The molecule has 0 bridgehead atoms. The molecule has 3 nitrogen and oxygen atoms in total. The van der Waals surface area contributed by atoms with Crippen molar-refractivity contribution in [3.63, 3.8) is 0 Å². The van der Waals surface area contributed by atoms with Crippen molar-refractivity contribution in [3.05, 3.63) is 0 Å². The van der Waals surface area contributed by atoms with E-state index in [2.05, 4.69) is 0 Å². The lowest BCUT2D eigenvalue weighted by atomic mass is 10.3. The SMILES string of the molecule is NCCCCOCCCN. The molecule has 0 aromatic rings. The number of hydrogen-bond donors (Lipinski definition) is 2. The topological polar surface area (TPSA) is 61.3 Å². The van der Waals surface area contributed by atoms with Crippen molar-refractivity contribution in [2.24, 2.45) is 11.5 Å². The Hall–Kier alpha value is -0.120. The molecule has 0 aliphatic heterocycles. The number of rotatable bonds is 7. The van der Waals surface area contributed by atoms with Crippen LogP contribution in [0.5, 0.6) is 0 Å². The molecule has 62 valence electrons. The summed E-state index contributed by atoms with van der Waals surface area (Å²) >= 11 is 0. The first-order chi connectivity index (χ1) is 4.91. The summed E-state index contributed by atoms with van der Waals surface area (Å²) in [4.78, 5) is 0. The summed E-state index contributed by atoms with van der Waals surface area (Å²) in [6.45, 7) is 3.11. The van der Waals surface area contributed by atoms with Gasteiger partial charge < -0.3 is 16.2 Å². The first-order valence-electron chi connectivity index (χ1n) is 3.89. The lowest BCUT2D eigenvalue weighted by Crippen LogP contribution is -2.06. The molecule has 0 radical (unpaired) electrons. The smallest absolute Gasteiger partial charge is 0.0478 e. The Bertz CT molecular complexity index is 51.6. The molecule has 0 spiro atoms. The minimum atomic E-state index is 0.719. The lowest BCUT2D eigenvalue weighted by molar-refractivity contribution is 0.130. The van der Waals surface area contributed by atoms with Crippen molar-refractivity contribution in [2.75, 3.05) is 26.3 Å². The van der Waals surface area contributed by atoms with Gasteiger partial charge in [0.15, 0.2) is 0 Å². The molecule has 0 aromatic carbocycles. The first-order valence-corrected chi connectivity index (χ1v) is 3.89. The van der Waals surface area contributed by atoms with E-state index in [1.54, 1.807) is 0 Å². The van der Waals surface area contributed by atoms with Crippen LogP contribution in [0.15, 0.2) is 0 Å². The summed E-state index contributed by atoms with van der Waals surface area (Å²) in [7, 11) is 0. The van der Waals surface area contributed by atoms with Gasteiger partial charge in [-0.15, -0.1) is 0 Å². The van der Waals surface area contributed by atoms with E-state index in [4.69, 9.17) is 16.2 Å². The highest BCUT2D eigenvalue weighted by Crippen LogP contribution is 1.88. The minimum Gasteiger partial charge on any atom is -0.381 e. The third-order valence-electron chi connectivity index (χ3n) is 1.24. The largest absolute Gasteiger partial charge is 0.381 e. The van der Waals surface area contributed by atoms with Crippen molar-refractivity contribution >= 4 is 0 Å². The average molecular weight is 146 g/mol. The van der Waals surface area contributed by atoms with Gasteiger partial charge >= 0.3 is 0 Å². The Labute approximate surface area is 62.7 Å². The van der Waals surface area contributed by atoms with E-state index in [-0.39, 0.29) is 0 Å². The Kier molecular flexibility index (Phi) is 8.77. The van der Waals surface area contributed by atoms with Crippen molar-refractivity contribution in [1.29, 1.82) is 0 Å². The molecule has 0 fully saturated rings. The van der Waals surface area contributed by atoms with E-state index < -0.39 is 0 Å². The summed E-state index contributed by atoms with van der Waals surface area (Å²) in [6, 6.07) is 0. The molecular formula is C7H18N2O. The molecule has 0 heterocycles. The van der Waals surface area contributed by atoms with Crippen LogP contribution in [0.2, 0.25) is 0 Å². The van der Waals surface area contributed by atoms with Gasteiger partial charge in [-0.2, -0.15) is 0 Å². The van der Waals surface area contributed by atoms with Crippen molar-refractivity contribution in [2.45, 2.75) is 19.3 Å². The van der Waals surface area contributed by atoms with Gasteiger partial charge in [0.2, 0.25) is 0 Å². The zero-order valence-corrected chi connectivity index (χ0v) is 6.51. The summed E-state index contributed by atoms with van der Waals surface area (Å²) in [5, 5.41) is 0. The van der Waals surface area contributed by atoms with Gasteiger partial charge in [0.25, 0.3) is 0 Å². The predicted molar refractivity (Wildman–Crippen MR) is 42.8 cm³/mol. The second-order valence-corrected chi connectivity index (χ2v) is 2.25. The highest BCUT2D eigenvalue weighted by molar-refractivity contribution is 4.40. The summed E-state index contributed by atoms with van der Waals surface area (Å²) in [5.41, 5.74) is 10.6. The van der Waals surface area contributed by atoms with Gasteiger partial charge in [-0.3, -0.25) is 0 Å². The van der Waals surface area contributed by atoms with Gasteiger partial charge in [-0.25, -0.2) is 0 Å². The molecule has 0 aliphatic carbocycles. The Morgan fingerprint density at radius 2 is 1.40 bits per heavy atom. The van der Waals surface area contributed by atoms with Crippen LogP contribution in [0, 0.1) is 0 Å². The highest BCUT2D eigenvalue weighted by Gasteiger charge is 1.86. The van der Waals surface area contributed by atoms with Crippen LogP contribution in [-0.4, -0.2) is 26.3 Å². The third-order valence-corrected chi connectivity index (χ3v) is 1.24. The zero-order chi connectivity index (χ0) is 7.66. The van der Waals surface area contributed by atoms with Crippen LogP contribution in [-0.2, 0) is 4.74 Å². The number of ether oxygens (including phenoxy) is 1. The van der Waals surface area contributed by atoms with Crippen molar-refractivity contribution in [3.8, 4) is 0 Å². The number of hydrogen-bond acceptors (Lipinski definition) is 3. The predicted octanol–water partition coefficient (Wildman–Crippen LogP) is 0.0907. The molecule has 0 rings (SSSR count). The molecule has 0 unspecified atom stereocenters.